The van der Waals surface area contributed by atoms with Gasteiger partial charge in [0.25, 0.3) is 0 Å². The van der Waals surface area contributed by atoms with Crippen molar-refractivity contribution in [2.45, 2.75) is 53.2 Å². The lowest BCUT2D eigenvalue weighted by molar-refractivity contribution is 0.0507. The fourth-order valence-corrected chi connectivity index (χ4v) is 3.23. The number of rotatable bonds is 3. The molecule has 7 heteroatoms. The molecule has 1 amide bonds. The van der Waals surface area contributed by atoms with E-state index in [-0.39, 0.29) is 6.04 Å². The van der Waals surface area contributed by atoms with Crippen LogP contribution in [0.15, 0.2) is 18.3 Å². The van der Waals surface area contributed by atoms with Gasteiger partial charge in [-0.1, -0.05) is 0 Å². The number of aromatic amines is 1. The summed E-state index contributed by atoms with van der Waals surface area (Å²) in [4.78, 5) is 17.1. The Morgan fingerprint density at radius 2 is 2.04 bits per heavy atom. The summed E-state index contributed by atoms with van der Waals surface area (Å²) in [7, 11) is 1.99. The van der Waals surface area contributed by atoms with E-state index in [9.17, 15) is 4.79 Å². The van der Waals surface area contributed by atoms with Crippen molar-refractivity contribution in [3.05, 3.63) is 35.4 Å². The van der Waals surface area contributed by atoms with Gasteiger partial charge >= 0.3 is 6.09 Å². The molecule has 2 N–H and O–H groups in total. The van der Waals surface area contributed by atoms with Gasteiger partial charge in [0.15, 0.2) is 0 Å². The number of nitrogens with one attached hydrogen (secondary N) is 2. The summed E-state index contributed by atoms with van der Waals surface area (Å²) in [6.45, 7) is 11.4. The number of fused-ring (bicyclic) bond motifs is 1. The Bertz CT molecular complexity index is 974. The van der Waals surface area contributed by atoms with Crippen molar-refractivity contribution >= 4 is 17.1 Å². The number of nitrogens with zero attached hydrogens (tertiary/aromatic N) is 3. The van der Waals surface area contributed by atoms with Crippen LogP contribution in [0.3, 0.4) is 0 Å². The monoisotopic (exact) mass is 369 g/mol. The van der Waals surface area contributed by atoms with E-state index in [0.29, 0.717) is 0 Å². The fourth-order valence-electron chi connectivity index (χ4n) is 3.23. The molecule has 0 radical (unpaired) electrons. The topological polar surface area (TPSA) is 84.8 Å². The van der Waals surface area contributed by atoms with Gasteiger partial charge in [-0.3, -0.25) is 5.10 Å². The molecule has 3 rings (SSSR count). The van der Waals surface area contributed by atoms with Gasteiger partial charge in [0, 0.05) is 30.1 Å². The van der Waals surface area contributed by atoms with Gasteiger partial charge in [-0.15, -0.1) is 0 Å². The molecule has 1 atom stereocenters. The van der Waals surface area contributed by atoms with Crippen molar-refractivity contribution in [3.63, 3.8) is 0 Å². The van der Waals surface area contributed by atoms with Gasteiger partial charge in [0.1, 0.15) is 5.60 Å². The number of alkyl carbamates (subject to hydrolysis) is 1. The smallest absolute Gasteiger partial charge is 0.408 e. The number of aryl methyl sites for hydroxylation is 3. The van der Waals surface area contributed by atoms with Crippen LogP contribution in [-0.2, 0) is 11.8 Å². The molecule has 27 heavy (non-hydrogen) atoms. The Balaban J connectivity index is 2.08. The molecule has 3 aromatic heterocycles. The molecule has 0 aliphatic carbocycles. The van der Waals surface area contributed by atoms with E-state index in [2.05, 4.69) is 21.6 Å². The number of carbonyl (C=O) groups is 1. The molecule has 0 aromatic carbocycles. The fraction of sp³-hybridized carbons (Fsp3) is 0.450. The van der Waals surface area contributed by atoms with E-state index < -0.39 is 11.7 Å². The van der Waals surface area contributed by atoms with Crippen molar-refractivity contribution in [1.29, 1.82) is 0 Å². The predicted octanol–water partition coefficient (Wildman–Crippen LogP) is 4.17. The number of hydrogen-bond acceptors (Lipinski definition) is 4. The second-order valence-electron chi connectivity index (χ2n) is 7.93. The molecule has 3 heterocycles. The Labute approximate surface area is 159 Å². The molecule has 1 unspecified atom stereocenters. The van der Waals surface area contributed by atoms with Crippen LogP contribution >= 0.6 is 0 Å². The molecule has 0 bridgehead atoms. The molecule has 7 nitrogen and oxygen atoms in total. The Kier molecular flexibility index (Phi) is 4.71. The third-order valence-corrected chi connectivity index (χ3v) is 4.44. The average Bonchev–Trinajstić information content (AvgIpc) is 3.07. The van der Waals surface area contributed by atoms with E-state index in [4.69, 9.17) is 9.72 Å². The highest BCUT2D eigenvalue weighted by Gasteiger charge is 2.23. The standard InChI is InChI=1S/C20H27N5O2/c1-11-17(12(2)24-23-11)14-10-16-15(8-9-25(16)7)22-18(14)13(3)21-19(26)27-20(4,5)6/h8-10,13H,1-7H3,(H,21,26)(H,23,24). The zero-order valence-electron chi connectivity index (χ0n) is 17.0. The van der Waals surface area contributed by atoms with Crippen LogP contribution in [0.1, 0.15) is 50.8 Å². The third-order valence-electron chi connectivity index (χ3n) is 4.44. The predicted molar refractivity (Wildman–Crippen MR) is 106 cm³/mol. The highest BCUT2D eigenvalue weighted by Crippen LogP contribution is 2.33. The number of carbonyl (C=O) groups excluding carboxylic acids is 1. The Morgan fingerprint density at radius 1 is 1.33 bits per heavy atom. The van der Waals surface area contributed by atoms with Crippen LogP contribution in [-0.4, -0.2) is 31.4 Å². The quantitative estimate of drug-likeness (QED) is 0.726. The van der Waals surface area contributed by atoms with E-state index >= 15 is 0 Å². The average molecular weight is 369 g/mol. The van der Waals surface area contributed by atoms with Gasteiger partial charge in [-0.25, -0.2) is 9.78 Å². The lowest BCUT2D eigenvalue weighted by atomic mass is 9.98. The first kappa shape index (κ1) is 18.9. The number of pyridine rings is 1. The number of amides is 1. The van der Waals surface area contributed by atoms with Crippen LogP contribution in [0.4, 0.5) is 4.79 Å². The Morgan fingerprint density at radius 3 is 2.63 bits per heavy atom. The maximum absolute atomic E-state index is 12.3. The minimum atomic E-state index is -0.554. The molecule has 0 spiro atoms. The van der Waals surface area contributed by atoms with Gasteiger partial charge < -0.3 is 14.6 Å². The van der Waals surface area contributed by atoms with E-state index in [1.54, 1.807) is 0 Å². The SMILES string of the molecule is Cc1n[nH]c(C)c1-c1cc2c(ccn2C)nc1C(C)NC(=O)OC(C)(C)C. The van der Waals surface area contributed by atoms with Crippen molar-refractivity contribution in [2.75, 3.05) is 0 Å². The molecular weight excluding hydrogens is 342 g/mol. The van der Waals surface area contributed by atoms with E-state index in [1.165, 1.54) is 0 Å². The first-order valence-corrected chi connectivity index (χ1v) is 9.04. The van der Waals surface area contributed by atoms with Crippen molar-refractivity contribution in [1.82, 2.24) is 25.1 Å². The second kappa shape index (κ2) is 6.72. The zero-order chi connectivity index (χ0) is 19.9. The molecule has 0 saturated heterocycles. The maximum Gasteiger partial charge on any atom is 0.408 e. The largest absolute Gasteiger partial charge is 0.444 e. The van der Waals surface area contributed by atoms with Gasteiger partial charge in [-0.2, -0.15) is 5.10 Å². The minimum Gasteiger partial charge on any atom is -0.444 e. The molecular formula is C20H27N5O2. The summed E-state index contributed by atoms with van der Waals surface area (Å²) in [5, 5.41) is 10.3. The Hall–Kier alpha value is -2.83. The minimum absolute atomic E-state index is 0.326. The van der Waals surface area contributed by atoms with Crippen LogP contribution in [0.5, 0.6) is 0 Å². The molecule has 0 saturated carbocycles. The molecule has 0 fully saturated rings. The number of H-pyrrole nitrogens is 1. The number of ether oxygens (including phenoxy) is 1. The summed E-state index contributed by atoms with van der Waals surface area (Å²) in [6.07, 6.45) is 1.52. The van der Waals surface area contributed by atoms with Crippen LogP contribution in [0, 0.1) is 13.8 Å². The summed E-state index contributed by atoms with van der Waals surface area (Å²) in [6, 6.07) is 3.75. The summed E-state index contributed by atoms with van der Waals surface area (Å²) in [5.74, 6) is 0. The lowest BCUT2D eigenvalue weighted by Crippen LogP contribution is -2.34. The first-order chi connectivity index (χ1) is 12.6. The van der Waals surface area contributed by atoms with Crippen molar-refractivity contribution in [2.24, 2.45) is 7.05 Å². The summed E-state index contributed by atoms with van der Waals surface area (Å²) >= 11 is 0. The molecule has 0 aliphatic rings. The zero-order valence-corrected chi connectivity index (χ0v) is 17.0. The van der Waals surface area contributed by atoms with Crippen molar-refractivity contribution < 1.29 is 9.53 Å². The molecule has 144 valence electrons. The summed E-state index contributed by atoms with van der Waals surface area (Å²) < 4.78 is 7.43. The highest BCUT2D eigenvalue weighted by atomic mass is 16.6. The lowest BCUT2D eigenvalue weighted by Gasteiger charge is -2.23. The normalized spacial score (nSPS) is 13.0. The van der Waals surface area contributed by atoms with E-state index in [0.717, 1.165) is 39.2 Å². The third kappa shape index (κ3) is 3.82. The first-order valence-electron chi connectivity index (χ1n) is 9.04. The number of aromatic nitrogens is 4. The van der Waals surface area contributed by atoms with Crippen LogP contribution in [0.25, 0.3) is 22.2 Å². The second-order valence-corrected chi connectivity index (χ2v) is 7.93. The van der Waals surface area contributed by atoms with E-state index in [1.807, 2.05) is 65.4 Å². The molecule has 3 aromatic rings. The van der Waals surface area contributed by atoms with Crippen molar-refractivity contribution in [3.8, 4) is 11.1 Å². The highest BCUT2D eigenvalue weighted by molar-refractivity contribution is 5.85. The summed E-state index contributed by atoms with van der Waals surface area (Å²) in [5.41, 5.74) is 5.97. The van der Waals surface area contributed by atoms with Crippen LogP contribution < -0.4 is 5.32 Å². The van der Waals surface area contributed by atoms with Gasteiger partial charge in [0.05, 0.1) is 28.5 Å². The number of hydrogen-bond donors (Lipinski definition) is 2. The van der Waals surface area contributed by atoms with Gasteiger partial charge in [-0.05, 0) is 53.7 Å². The van der Waals surface area contributed by atoms with Crippen LogP contribution in [0.2, 0.25) is 0 Å². The molecule has 0 aliphatic heterocycles. The van der Waals surface area contributed by atoms with Gasteiger partial charge in [0.2, 0.25) is 0 Å². The maximum atomic E-state index is 12.3.